The fourth-order valence-electron chi connectivity index (χ4n) is 1.58. The van der Waals surface area contributed by atoms with Gasteiger partial charge in [0.1, 0.15) is 0 Å². The van der Waals surface area contributed by atoms with Crippen molar-refractivity contribution in [3.8, 4) is 0 Å². The first-order valence-corrected chi connectivity index (χ1v) is 5.74. The predicted molar refractivity (Wildman–Crippen MR) is 65.2 cm³/mol. The molecule has 84 valence electrons. The Labute approximate surface area is 92.3 Å². The number of aliphatic hydroxyl groups excluding tert-OH is 1. The van der Waals surface area contributed by atoms with Gasteiger partial charge in [-0.15, -0.1) is 0 Å². The van der Waals surface area contributed by atoms with E-state index in [1.807, 2.05) is 0 Å². The van der Waals surface area contributed by atoms with Gasteiger partial charge in [0.05, 0.1) is 0 Å². The van der Waals surface area contributed by atoms with E-state index in [1.54, 1.807) is 0 Å². The Balaban J connectivity index is 2.10. The topological polar surface area (TPSA) is 32.3 Å². The Bertz CT molecular complexity index is 273. The lowest BCUT2D eigenvalue weighted by Crippen LogP contribution is -2.01. The molecule has 1 rings (SSSR count). The fraction of sp³-hybridized carbons (Fsp3) is 0.538. The third kappa shape index (κ3) is 5.43. The molecule has 2 heteroatoms. The van der Waals surface area contributed by atoms with Gasteiger partial charge in [-0.2, -0.15) is 0 Å². The number of nitrogens with one attached hydrogen (secondary N) is 1. The zero-order valence-electron chi connectivity index (χ0n) is 9.50. The average Bonchev–Trinajstić information content (AvgIpc) is 2.23. The Morgan fingerprint density at radius 2 is 1.93 bits per heavy atom. The van der Waals surface area contributed by atoms with Crippen LogP contribution in [0, 0.1) is 6.92 Å². The SMILES string of the molecule is Cc1cccc(NCCCCCCO)c1. The molecule has 1 aromatic rings. The molecule has 0 aliphatic rings. The summed E-state index contributed by atoms with van der Waals surface area (Å²) in [6, 6.07) is 8.43. The van der Waals surface area contributed by atoms with Gasteiger partial charge in [-0.1, -0.05) is 25.0 Å². The van der Waals surface area contributed by atoms with E-state index in [4.69, 9.17) is 5.11 Å². The van der Waals surface area contributed by atoms with Crippen LogP contribution >= 0.6 is 0 Å². The van der Waals surface area contributed by atoms with E-state index in [2.05, 4.69) is 36.5 Å². The maximum atomic E-state index is 8.62. The molecule has 2 nitrogen and oxygen atoms in total. The fourth-order valence-corrected chi connectivity index (χ4v) is 1.58. The van der Waals surface area contributed by atoms with Crippen LogP contribution in [-0.2, 0) is 0 Å². The summed E-state index contributed by atoms with van der Waals surface area (Å²) in [5.41, 5.74) is 2.50. The molecule has 0 amide bonds. The highest BCUT2D eigenvalue weighted by molar-refractivity contribution is 5.45. The van der Waals surface area contributed by atoms with E-state index in [-0.39, 0.29) is 0 Å². The standard InChI is InChI=1S/C13H21NO/c1-12-7-6-8-13(11-12)14-9-4-2-3-5-10-15/h6-8,11,14-15H,2-5,9-10H2,1H3. The highest BCUT2D eigenvalue weighted by Crippen LogP contribution is 2.09. The Hall–Kier alpha value is -1.02. The molecule has 0 saturated heterocycles. The molecule has 0 radical (unpaired) electrons. The number of rotatable bonds is 7. The third-order valence-electron chi connectivity index (χ3n) is 2.43. The zero-order valence-corrected chi connectivity index (χ0v) is 9.50. The highest BCUT2D eigenvalue weighted by atomic mass is 16.2. The van der Waals surface area contributed by atoms with E-state index in [9.17, 15) is 0 Å². The van der Waals surface area contributed by atoms with Crippen LogP contribution in [0.4, 0.5) is 5.69 Å². The molecule has 0 saturated carbocycles. The number of benzene rings is 1. The minimum atomic E-state index is 0.325. The lowest BCUT2D eigenvalue weighted by Gasteiger charge is -2.06. The second-order valence-corrected chi connectivity index (χ2v) is 3.93. The molecule has 1 aromatic carbocycles. The van der Waals surface area contributed by atoms with Crippen molar-refractivity contribution >= 4 is 5.69 Å². The van der Waals surface area contributed by atoms with Gasteiger partial charge >= 0.3 is 0 Å². The van der Waals surface area contributed by atoms with Crippen molar-refractivity contribution in [2.24, 2.45) is 0 Å². The number of hydrogen-bond donors (Lipinski definition) is 2. The maximum absolute atomic E-state index is 8.62. The summed E-state index contributed by atoms with van der Waals surface area (Å²) in [5.74, 6) is 0. The number of anilines is 1. The predicted octanol–water partition coefficient (Wildman–Crippen LogP) is 2.96. The van der Waals surface area contributed by atoms with Gasteiger partial charge in [-0.3, -0.25) is 0 Å². The molecular formula is C13H21NO. The van der Waals surface area contributed by atoms with Crippen LogP contribution < -0.4 is 5.32 Å². The first kappa shape index (κ1) is 12.1. The summed E-state index contributed by atoms with van der Waals surface area (Å²) >= 11 is 0. The number of hydrogen-bond acceptors (Lipinski definition) is 2. The minimum absolute atomic E-state index is 0.325. The van der Waals surface area contributed by atoms with Crippen molar-refractivity contribution in [2.45, 2.75) is 32.6 Å². The maximum Gasteiger partial charge on any atom is 0.0431 e. The van der Waals surface area contributed by atoms with E-state index < -0.39 is 0 Å². The first-order valence-electron chi connectivity index (χ1n) is 5.74. The highest BCUT2D eigenvalue weighted by Gasteiger charge is 1.92. The van der Waals surface area contributed by atoms with Crippen LogP contribution in [0.15, 0.2) is 24.3 Å². The average molecular weight is 207 g/mol. The third-order valence-corrected chi connectivity index (χ3v) is 2.43. The van der Waals surface area contributed by atoms with Gasteiger partial charge < -0.3 is 10.4 Å². The summed E-state index contributed by atoms with van der Waals surface area (Å²) in [6.45, 7) is 3.45. The Kier molecular flexibility index (Phi) is 5.86. The van der Waals surface area contributed by atoms with E-state index in [0.29, 0.717) is 6.61 Å². The number of aryl methyl sites for hydroxylation is 1. The van der Waals surface area contributed by atoms with Crippen molar-refractivity contribution in [1.29, 1.82) is 0 Å². The zero-order chi connectivity index (χ0) is 10.9. The second-order valence-electron chi connectivity index (χ2n) is 3.93. The molecule has 0 heterocycles. The molecule has 0 spiro atoms. The second kappa shape index (κ2) is 7.30. The van der Waals surface area contributed by atoms with Crippen molar-refractivity contribution in [3.63, 3.8) is 0 Å². The summed E-state index contributed by atoms with van der Waals surface area (Å²) in [5, 5.41) is 12.0. The molecule has 0 unspecified atom stereocenters. The Morgan fingerprint density at radius 1 is 1.13 bits per heavy atom. The van der Waals surface area contributed by atoms with Crippen LogP contribution in [0.25, 0.3) is 0 Å². The van der Waals surface area contributed by atoms with Gasteiger partial charge in [0.15, 0.2) is 0 Å². The first-order chi connectivity index (χ1) is 7.33. The monoisotopic (exact) mass is 207 g/mol. The van der Waals surface area contributed by atoms with Gasteiger partial charge in [0, 0.05) is 18.8 Å². The normalized spacial score (nSPS) is 10.3. The van der Waals surface area contributed by atoms with Crippen LogP contribution in [0.2, 0.25) is 0 Å². The molecule has 0 atom stereocenters. The van der Waals surface area contributed by atoms with Crippen molar-refractivity contribution in [2.75, 3.05) is 18.5 Å². The summed E-state index contributed by atoms with van der Waals surface area (Å²) in [6.07, 6.45) is 4.43. The molecule has 0 bridgehead atoms. The largest absolute Gasteiger partial charge is 0.396 e. The molecule has 2 N–H and O–H groups in total. The lowest BCUT2D eigenvalue weighted by molar-refractivity contribution is 0.283. The van der Waals surface area contributed by atoms with Crippen molar-refractivity contribution in [3.05, 3.63) is 29.8 Å². The molecule has 15 heavy (non-hydrogen) atoms. The van der Waals surface area contributed by atoms with Gasteiger partial charge in [-0.05, 0) is 37.5 Å². The number of aliphatic hydroxyl groups is 1. The summed E-state index contributed by atoms with van der Waals surface area (Å²) in [7, 11) is 0. The van der Waals surface area contributed by atoms with Gasteiger partial charge in [-0.25, -0.2) is 0 Å². The van der Waals surface area contributed by atoms with Crippen LogP contribution in [-0.4, -0.2) is 18.3 Å². The van der Waals surface area contributed by atoms with Gasteiger partial charge in [0.25, 0.3) is 0 Å². The van der Waals surface area contributed by atoms with E-state index in [1.165, 1.54) is 24.1 Å². The molecule has 0 aliphatic heterocycles. The Morgan fingerprint density at radius 3 is 2.67 bits per heavy atom. The summed E-state index contributed by atoms with van der Waals surface area (Å²) < 4.78 is 0. The quantitative estimate of drug-likeness (QED) is 0.674. The lowest BCUT2D eigenvalue weighted by atomic mass is 10.2. The van der Waals surface area contributed by atoms with Crippen LogP contribution in [0.3, 0.4) is 0 Å². The van der Waals surface area contributed by atoms with Gasteiger partial charge in [0.2, 0.25) is 0 Å². The molecule has 0 fully saturated rings. The summed E-state index contributed by atoms with van der Waals surface area (Å²) in [4.78, 5) is 0. The molecule has 0 aromatic heterocycles. The molecular weight excluding hydrogens is 186 g/mol. The minimum Gasteiger partial charge on any atom is -0.396 e. The molecule has 0 aliphatic carbocycles. The van der Waals surface area contributed by atoms with Crippen LogP contribution in [0.1, 0.15) is 31.2 Å². The van der Waals surface area contributed by atoms with E-state index in [0.717, 1.165) is 19.4 Å². The van der Waals surface area contributed by atoms with E-state index >= 15 is 0 Å². The smallest absolute Gasteiger partial charge is 0.0431 e. The van der Waals surface area contributed by atoms with Crippen LogP contribution in [0.5, 0.6) is 0 Å². The number of unbranched alkanes of at least 4 members (excludes halogenated alkanes) is 3. The van der Waals surface area contributed by atoms with Crippen molar-refractivity contribution in [1.82, 2.24) is 0 Å². The van der Waals surface area contributed by atoms with Crippen molar-refractivity contribution < 1.29 is 5.11 Å².